The number of nitrogens with zero attached hydrogens (tertiary/aromatic N) is 1. The number of ether oxygens (including phenoxy) is 1. The van der Waals surface area contributed by atoms with Crippen LogP contribution in [0.1, 0.15) is 18.4 Å². The number of aliphatic imine (C=N–C) groups is 1. The van der Waals surface area contributed by atoms with Gasteiger partial charge in [0.2, 0.25) is 5.91 Å². The van der Waals surface area contributed by atoms with Crippen molar-refractivity contribution in [2.24, 2.45) is 22.2 Å². The Morgan fingerprint density at radius 3 is 2.45 bits per heavy atom. The van der Waals surface area contributed by atoms with Crippen molar-refractivity contribution in [2.75, 3.05) is 6.54 Å². The maximum atomic E-state index is 11.7. The highest BCUT2D eigenvalue weighted by atomic mass is 16.5. The summed E-state index contributed by atoms with van der Waals surface area (Å²) in [5.74, 6) is -0.660. The molecule has 1 aromatic carbocycles. The number of alkyl carbamates (subject to hydrolysis) is 1. The summed E-state index contributed by atoms with van der Waals surface area (Å²) in [7, 11) is 0. The van der Waals surface area contributed by atoms with E-state index in [0.717, 1.165) is 5.56 Å². The smallest absolute Gasteiger partial charge is 0.408 e. The van der Waals surface area contributed by atoms with Crippen molar-refractivity contribution < 1.29 is 14.3 Å². The van der Waals surface area contributed by atoms with Crippen LogP contribution in [0, 0.1) is 0 Å². The number of carbonyl (C=O) groups excluding carboxylic acids is 2. The van der Waals surface area contributed by atoms with Gasteiger partial charge in [0, 0.05) is 6.54 Å². The number of nitrogens with two attached hydrogens (primary N) is 3. The average Bonchev–Trinajstić information content (AvgIpc) is 2.48. The molecule has 0 aliphatic rings. The highest BCUT2D eigenvalue weighted by molar-refractivity contribution is 5.84. The molecule has 0 saturated carbocycles. The zero-order valence-electron chi connectivity index (χ0n) is 12.2. The van der Waals surface area contributed by atoms with E-state index in [1.165, 1.54) is 0 Å². The molecule has 0 aliphatic carbocycles. The Balaban J connectivity index is 2.37. The van der Waals surface area contributed by atoms with Gasteiger partial charge >= 0.3 is 6.09 Å². The Morgan fingerprint density at radius 2 is 1.86 bits per heavy atom. The lowest BCUT2D eigenvalue weighted by molar-refractivity contribution is -0.120. The van der Waals surface area contributed by atoms with E-state index in [2.05, 4.69) is 10.3 Å². The van der Waals surface area contributed by atoms with Crippen molar-refractivity contribution in [1.82, 2.24) is 5.32 Å². The summed E-state index contributed by atoms with van der Waals surface area (Å²) >= 11 is 0. The summed E-state index contributed by atoms with van der Waals surface area (Å²) < 4.78 is 5.03. The third kappa shape index (κ3) is 7.13. The van der Waals surface area contributed by atoms with Gasteiger partial charge in [0.1, 0.15) is 12.6 Å². The predicted molar refractivity (Wildman–Crippen MR) is 82.7 cm³/mol. The zero-order valence-corrected chi connectivity index (χ0v) is 12.2. The van der Waals surface area contributed by atoms with Gasteiger partial charge in [0.05, 0.1) is 0 Å². The third-order valence-corrected chi connectivity index (χ3v) is 2.79. The van der Waals surface area contributed by atoms with Crippen molar-refractivity contribution in [1.29, 1.82) is 0 Å². The Kier molecular flexibility index (Phi) is 7.24. The minimum Gasteiger partial charge on any atom is -0.445 e. The first-order valence-electron chi connectivity index (χ1n) is 6.81. The number of rotatable bonds is 8. The maximum Gasteiger partial charge on any atom is 0.408 e. The molecule has 120 valence electrons. The minimum absolute atomic E-state index is 0.0224. The second-order valence-electron chi connectivity index (χ2n) is 4.61. The molecular weight excluding hydrogens is 286 g/mol. The summed E-state index contributed by atoms with van der Waals surface area (Å²) in [5, 5.41) is 2.43. The molecule has 22 heavy (non-hydrogen) atoms. The van der Waals surface area contributed by atoms with Crippen LogP contribution in [-0.2, 0) is 16.1 Å². The van der Waals surface area contributed by atoms with E-state index < -0.39 is 18.0 Å². The van der Waals surface area contributed by atoms with Crippen LogP contribution in [0.5, 0.6) is 0 Å². The quantitative estimate of drug-likeness (QED) is 0.299. The van der Waals surface area contributed by atoms with Crippen molar-refractivity contribution in [3.63, 3.8) is 0 Å². The molecule has 8 heteroatoms. The summed E-state index contributed by atoms with van der Waals surface area (Å²) in [5.41, 5.74) is 16.5. The van der Waals surface area contributed by atoms with E-state index in [4.69, 9.17) is 21.9 Å². The number of benzene rings is 1. The fraction of sp³-hybridized carbons (Fsp3) is 0.357. The molecule has 0 fully saturated rings. The van der Waals surface area contributed by atoms with E-state index in [9.17, 15) is 9.59 Å². The molecule has 0 aliphatic heterocycles. The number of primary amides is 1. The molecule has 0 saturated heterocycles. The molecule has 1 rings (SSSR count). The van der Waals surface area contributed by atoms with Gasteiger partial charge in [-0.2, -0.15) is 0 Å². The molecule has 0 bridgehead atoms. The van der Waals surface area contributed by atoms with E-state index in [1.54, 1.807) is 0 Å². The molecule has 1 atom stereocenters. The van der Waals surface area contributed by atoms with Crippen LogP contribution >= 0.6 is 0 Å². The first-order valence-corrected chi connectivity index (χ1v) is 6.81. The molecule has 0 aromatic heterocycles. The van der Waals surface area contributed by atoms with Crippen molar-refractivity contribution in [2.45, 2.75) is 25.5 Å². The second-order valence-corrected chi connectivity index (χ2v) is 4.61. The molecular formula is C14H21N5O3. The van der Waals surface area contributed by atoms with Crippen LogP contribution < -0.4 is 22.5 Å². The molecule has 2 amide bonds. The molecule has 0 heterocycles. The lowest BCUT2D eigenvalue weighted by Crippen LogP contribution is -2.44. The Labute approximate surface area is 128 Å². The predicted octanol–water partition coefficient (Wildman–Crippen LogP) is -0.180. The van der Waals surface area contributed by atoms with Crippen LogP contribution in [0.4, 0.5) is 4.79 Å². The molecule has 8 nitrogen and oxygen atoms in total. The fourth-order valence-corrected chi connectivity index (χ4v) is 1.70. The van der Waals surface area contributed by atoms with Crippen molar-refractivity contribution >= 4 is 18.0 Å². The second kappa shape index (κ2) is 9.22. The molecule has 1 aromatic rings. The lowest BCUT2D eigenvalue weighted by atomic mass is 10.1. The standard InChI is InChI=1S/C14H21N5O3/c15-12(20)11(7-4-8-18-13(16)17)19-14(21)22-9-10-5-2-1-3-6-10/h1-3,5-6,11H,4,7-9H2,(H2,15,20)(H,19,21)(H4,16,17,18). The number of hydrogen-bond acceptors (Lipinski definition) is 4. The third-order valence-electron chi connectivity index (χ3n) is 2.79. The number of guanidine groups is 1. The first kappa shape index (κ1) is 17.3. The van der Waals surface area contributed by atoms with Gasteiger partial charge in [-0.3, -0.25) is 9.79 Å². The normalized spacial score (nSPS) is 11.3. The van der Waals surface area contributed by atoms with Gasteiger partial charge in [0.25, 0.3) is 0 Å². The van der Waals surface area contributed by atoms with Crippen LogP contribution in [-0.4, -0.2) is 30.5 Å². The van der Waals surface area contributed by atoms with Crippen LogP contribution in [0.15, 0.2) is 35.3 Å². The zero-order chi connectivity index (χ0) is 16.4. The van der Waals surface area contributed by atoms with Crippen LogP contribution in [0.25, 0.3) is 0 Å². The summed E-state index contributed by atoms with van der Waals surface area (Å²) in [6.07, 6.45) is 0.131. The Hall–Kier alpha value is -2.77. The van der Waals surface area contributed by atoms with Crippen LogP contribution in [0.3, 0.4) is 0 Å². The van der Waals surface area contributed by atoms with Gasteiger partial charge in [-0.1, -0.05) is 30.3 Å². The molecule has 1 unspecified atom stereocenters. The van der Waals surface area contributed by atoms with Crippen molar-refractivity contribution in [3.8, 4) is 0 Å². The maximum absolute atomic E-state index is 11.7. The van der Waals surface area contributed by atoms with E-state index in [0.29, 0.717) is 19.4 Å². The van der Waals surface area contributed by atoms with Crippen molar-refractivity contribution in [3.05, 3.63) is 35.9 Å². The van der Waals surface area contributed by atoms with Gasteiger partial charge in [0.15, 0.2) is 5.96 Å². The van der Waals surface area contributed by atoms with Crippen LogP contribution in [0.2, 0.25) is 0 Å². The van der Waals surface area contributed by atoms with E-state index >= 15 is 0 Å². The summed E-state index contributed by atoms with van der Waals surface area (Å²) in [4.78, 5) is 26.8. The minimum atomic E-state index is -0.822. The lowest BCUT2D eigenvalue weighted by Gasteiger charge is -2.15. The highest BCUT2D eigenvalue weighted by Crippen LogP contribution is 2.02. The monoisotopic (exact) mass is 307 g/mol. The summed E-state index contributed by atoms with van der Waals surface area (Å²) in [6.45, 7) is 0.471. The topological polar surface area (TPSA) is 146 Å². The Bertz CT molecular complexity index is 514. The molecule has 0 radical (unpaired) electrons. The van der Waals surface area contributed by atoms with Gasteiger partial charge in [-0.05, 0) is 18.4 Å². The number of hydrogen-bond donors (Lipinski definition) is 4. The number of amides is 2. The number of carbonyl (C=O) groups is 2. The van der Waals surface area contributed by atoms with Gasteiger partial charge < -0.3 is 27.3 Å². The molecule has 7 N–H and O–H groups in total. The Morgan fingerprint density at radius 1 is 1.18 bits per heavy atom. The SMILES string of the molecule is NC(=O)C(CCCN=C(N)N)NC(=O)OCc1ccccc1. The van der Waals surface area contributed by atoms with Gasteiger partial charge in [-0.25, -0.2) is 4.79 Å². The van der Waals surface area contributed by atoms with E-state index in [1.807, 2.05) is 30.3 Å². The number of nitrogens with one attached hydrogen (secondary N) is 1. The largest absolute Gasteiger partial charge is 0.445 e. The van der Waals surface area contributed by atoms with Gasteiger partial charge in [-0.15, -0.1) is 0 Å². The average molecular weight is 307 g/mol. The van der Waals surface area contributed by atoms with E-state index in [-0.39, 0.29) is 12.6 Å². The molecule has 0 spiro atoms. The first-order chi connectivity index (χ1) is 10.5. The fourth-order valence-electron chi connectivity index (χ4n) is 1.70. The summed E-state index contributed by atoms with van der Waals surface area (Å²) in [6, 6.07) is 8.38. The highest BCUT2D eigenvalue weighted by Gasteiger charge is 2.18.